The number of aromatic nitrogens is 6. The topological polar surface area (TPSA) is 95.2 Å². The molecule has 5 rings (SSSR count). The van der Waals surface area contributed by atoms with Crippen LogP contribution in [0.25, 0.3) is 39.3 Å². The van der Waals surface area contributed by atoms with Crippen molar-refractivity contribution in [1.82, 2.24) is 34.9 Å². The third kappa shape index (κ3) is 5.59. The molecule has 7 nitrogen and oxygen atoms in total. The first-order chi connectivity index (χ1) is 18.6. The van der Waals surface area contributed by atoms with Crippen molar-refractivity contribution in [3.63, 3.8) is 0 Å². The summed E-state index contributed by atoms with van der Waals surface area (Å²) in [6, 6.07) is 8.97. The van der Waals surface area contributed by atoms with Crippen LogP contribution in [-0.4, -0.2) is 48.1 Å². The normalized spacial score (nSPS) is 12.3. The molecule has 0 radical (unpaired) electrons. The molecule has 3 N–H and O–H groups in total. The number of halogens is 1. The van der Waals surface area contributed by atoms with Crippen molar-refractivity contribution in [3.8, 4) is 22.6 Å². The maximum atomic E-state index is 14.7. The van der Waals surface area contributed by atoms with Crippen molar-refractivity contribution < 1.29 is 4.39 Å². The van der Waals surface area contributed by atoms with Crippen molar-refractivity contribution in [1.29, 1.82) is 0 Å². The lowest BCUT2D eigenvalue weighted by molar-refractivity contribution is 0.624. The average molecular weight is 540 g/mol. The number of rotatable bonds is 8. The van der Waals surface area contributed by atoms with Crippen molar-refractivity contribution in [2.24, 2.45) is 0 Å². The smallest absolute Gasteiger partial charge is 0.181 e. The number of hydrogen-bond acceptors (Lipinski definition) is 5. The predicted molar refractivity (Wildman–Crippen MR) is 162 cm³/mol. The second-order valence-electron chi connectivity index (χ2n) is 9.70. The first-order valence-corrected chi connectivity index (χ1v) is 14.6. The number of imidazole rings is 1. The van der Waals surface area contributed by atoms with E-state index in [4.69, 9.17) is 4.98 Å². The molecule has 0 saturated carbocycles. The molecule has 198 valence electrons. The van der Waals surface area contributed by atoms with E-state index in [-0.39, 0.29) is 5.82 Å². The van der Waals surface area contributed by atoms with Gasteiger partial charge in [-0.15, -0.1) is 0 Å². The molecular formula is C30H30FN7S. The summed E-state index contributed by atoms with van der Waals surface area (Å²) in [5.74, 6) is 8.36. The van der Waals surface area contributed by atoms with E-state index >= 15 is 0 Å². The van der Waals surface area contributed by atoms with Gasteiger partial charge in [0.1, 0.15) is 11.5 Å². The standard InChI is InChI=1S/C30H30FN7S/c1-7-8-24(21-11-20(12-23(31)13-21)15-34-39(4,5)6)27-19(3)35-30(36-27)28-25-14-22(16-33-29(25)38-37-28)26-17-32-10-9-18(26)2/h7-14,16-17,34H,1,4-5,15H2,2-3,6H3,(H,35,36)(H,33,37,38)/b24-8-. The van der Waals surface area contributed by atoms with Crippen molar-refractivity contribution in [3.05, 3.63) is 102 Å². The van der Waals surface area contributed by atoms with Gasteiger partial charge in [0.05, 0.1) is 11.1 Å². The number of benzene rings is 1. The summed E-state index contributed by atoms with van der Waals surface area (Å²) < 4.78 is 18.0. The van der Waals surface area contributed by atoms with Gasteiger partial charge in [0, 0.05) is 47.5 Å². The largest absolute Gasteiger partial charge is 0.340 e. The minimum atomic E-state index is -1.44. The molecule has 5 aromatic rings. The van der Waals surface area contributed by atoms with Crippen LogP contribution < -0.4 is 4.72 Å². The van der Waals surface area contributed by atoms with E-state index in [1.54, 1.807) is 18.5 Å². The number of nitrogens with zero attached hydrogens (tertiary/aromatic N) is 4. The Balaban J connectivity index is 1.57. The maximum Gasteiger partial charge on any atom is 0.181 e. The number of hydrogen-bond donors (Lipinski definition) is 3. The maximum absolute atomic E-state index is 14.7. The summed E-state index contributed by atoms with van der Waals surface area (Å²) in [5.41, 5.74) is 8.10. The fraction of sp³-hybridized carbons (Fsp3) is 0.133. The Morgan fingerprint density at radius 3 is 2.72 bits per heavy atom. The number of nitrogens with one attached hydrogen (secondary N) is 3. The monoisotopic (exact) mass is 539 g/mol. The second kappa shape index (κ2) is 10.4. The van der Waals surface area contributed by atoms with E-state index in [1.807, 2.05) is 50.6 Å². The van der Waals surface area contributed by atoms with Crippen LogP contribution in [0.4, 0.5) is 4.39 Å². The number of fused-ring (bicyclic) bond motifs is 1. The van der Waals surface area contributed by atoms with Gasteiger partial charge in [0.2, 0.25) is 0 Å². The number of allylic oxidation sites excluding steroid dienone is 2. The zero-order valence-electron chi connectivity index (χ0n) is 22.2. The van der Waals surface area contributed by atoms with Gasteiger partial charge in [-0.3, -0.25) is 14.8 Å². The van der Waals surface area contributed by atoms with Gasteiger partial charge in [-0.05, 0) is 67.1 Å². The third-order valence-corrected chi connectivity index (χ3v) is 7.16. The quantitative estimate of drug-likeness (QED) is 0.164. The molecule has 0 aliphatic carbocycles. The highest BCUT2D eigenvalue weighted by molar-refractivity contribution is 8.25. The first-order valence-electron chi connectivity index (χ1n) is 12.3. The van der Waals surface area contributed by atoms with Gasteiger partial charge in [-0.2, -0.15) is 14.5 Å². The summed E-state index contributed by atoms with van der Waals surface area (Å²) >= 11 is 0. The summed E-state index contributed by atoms with van der Waals surface area (Å²) in [5, 5.41) is 8.30. The molecule has 0 fully saturated rings. The van der Waals surface area contributed by atoms with Gasteiger partial charge in [0.15, 0.2) is 11.5 Å². The summed E-state index contributed by atoms with van der Waals surface area (Å²) in [6.07, 6.45) is 10.9. The molecule has 9 heteroatoms. The Morgan fingerprint density at radius 2 is 1.97 bits per heavy atom. The second-order valence-corrected chi connectivity index (χ2v) is 12.5. The summed E-state index contributed by atoms with van der Waals surface area (Å²) in [7, 11) is -1.44. The molecule has 0 unspecified atom stereocenters. The van der Waals surface area contributed by atoms with Crippen LogP contribution in [0.5, 0.6) is 0 Å². The van der Waals surface area contributed by atoms with Crippen LogP contribution in [0.2, 0.25) is 0 Å². The molecule has 4 heterocycles. The van der Waals surface area contributed by atoms with Gasteiger partial charge in [0.25, 0.3) is 0 Å². The van der Waals surface area contributed by atoms with E-state index in [0.29, 0.717) is 35.0 Å². The Kier molecular flexibility index (Phi) is 7.03. The number of pyridine rings is 2. The summed E-state index contributed by atoms with van der Waals surface area (Å²) in [4.78, 5) is 17.1. The average Bonchev–Trinajstić information content (AvgIpc) is 3.48. The molecule has 0 bridgehead atoms. The van der Waals surface area contributed by atoms with Gasteiger partial charge in [-0.25, -0.2) is 14.4 Å². The molecule has 0 aliphatic rings. The van der Waals surface area contributed by atoms with E-state index in [0.717, 1.165) is 38.9 Å². The molecule has 4 aromatic heterocycles. The molecule has 39 heavy (non-hydrogen) atoms. The number of aromatic amines is 2. The van der Waals surface area contributed by atoms with Crippen molar-refractivity contribution in [2.45, 2.75) is 20.4 Å². The zero-order chi connectivity index (χ0) is 27.7. The Hall–Kier alpha value is -4.34. The lowest BCUT2D eigenvalue weighted by atomic mass is 9.98. The van der Waals surface area contributed by atoms with E-state index < -0.39 is 9.39 Å². The van der Waals surface area contributed by atoms with Crippen LogP contribution in [0.15, 0.2) is 67.7 Å². The van der Waals surface area contributed by atoms with E-state index in [2.05, 4.69) is 48.2 Å². The fourth-order valence-electron chi connectivity index (χ4n) is 4.43. The van der Waals surface area contributed by atoms with Crippen molar-refractivity contribution >= 4 is 37.7 Å². The molecule has 0 amide bonds. The minimum Gasteiger partial charge on any atom is -0.340 e. The Morgan fingerprint density at radius 1 is 1.15 bits per heavy atom. The van der Waals surface area contributed by atoms with E-state index in [9.17, 15) is 4.39 Å². The Bertz CT molecular complexity index is 1840. The van der Waals surface area contributed by atoms with Gasteiger partial charge >= 0.3 is 0 Å². The van der Waals surface area contributed by atoms with E-state index in [1.165, 1.54) is 12.1 Å². The molecule has 0 atom stereocenters. The molecule has 1 aromatic carbocycles. The number of aryl methyl sites for hydroxylation is 2. The lowest BCUT2D eigenvalue weighted by Crippen LogP contribution is -2.08. The Labute approximate surface area is 227 Å². The van der Waals surface area contributed by atoms with Crippen molar-refractivity contribution in [2.75, 3.05) is 6.26 Å². The highest BCUT2D eigenvalue weighted by atomic mass is 32.2. The minimum absolute atomic E-state index is 0.332. The fourth-order valence-corrected chi connectivity index (χ4v) is 4.95. The van der Waals surface area contributed by atoms with Gasteiger partial charge < -0.3 is 4.98 Å². The van der Waals surface area contributed by atoms with Crippen LogP contribution >= 0.6 is 9.39 Å². The third-order valence-electron chi connectivity index (χ3n) is 6.31. The SMILES string of the molecule is C=C/C=C(/c1cc(F)cc(CNS(=C)(=C)C)c1)c1nc(-c2[nH]nc3ncc(-c4cnccc4C)cc23)[nH]c1C. The molecule has 0 saturated heterocycles. The zero-order valence-corrected chi connectivity index (χ0v) is 23.0. The predicted octanol–water partition coefficient (Wildman–Crippen LogP) is 6.09. The lowest BCUT2D eigenvalue weighted by Gasteiger charge is -2.13. The van der Waals surface area contributed by atoms with Crippen LogP contribution in [0.3, 0.4) is 0 Å². The highest BCUT2D eigenvalue weighted by Crippen LogP contribution is 2.32. The highest BCUT2D eigenvalue weighted by Gasteiger charge is 2.19. The molecule has 0 spiro atoms. The van der Waals surface area contributed by atoms with Crippen LogP contribution in [-0.2, 0) is 6.54 Å². The van der Waals surface area contributed by atoms with Gasteiger partial charge in [-0.1, -0.05) is 30.5 Å². The molecule has 0 aliphatic heterocycles. The van der Waals surface area contributed by atoms with Crippen LogP contribution in [0, 0.1) is 19.7 Å². The number of H-pyrrole nitrogens is 2. The van der Waals surface area contributed by atoms with Crippen LogP contribution in [0.1, 0.15) is 28.1 Å². The summed E-state index contributed by atoms with van der Waals surface area (Å²) in [6.45, 7) is 8.31. The molecular weight excluding hydrogens is 509 g/mol. The first kappa shape index (κ1) is 26.3.